The minimum absolute atomic E-state index is 0.219. The van der Waals surface area contributed by atoms with Gasteiger partial charge in [0.1, 0.15) is 5.60 Å². The number of hydrogen-bond donors (Lipinski definition) is 2. The molecule has 4 heteroatoms. The summed E-state index contributed by atoms with van der Waals surface area (Å²) in [6, 6.07) is 0.773. The number of nitrogens with one attached hydrogen (secondary N) is 1. The van der Waals surface area contributed by atoms with Gasteiger partial charge in [-0.25, -0.2) is 0 Å². The minimum atomic E-state index is -1.22. The molecule has 0 spiro atoms. The predicted octanol–water partition coefficient (Wildman–Crippen LogP) is 1.14. The van der Waals surface area contributed by atoms with Crippen LogP contribution >= 0.6 is 0 Å². The highest BCUT2D eigenvalue weighted by Gasteiger charge is 2.33. The molecule has 0 aromatic rings. The van der Waals surface area contributed by atoms with E-state index in [-0.39, 0.29) is 11.9 Å². The van der Waals surface area contributed by atoms with Crippen molar-refractivity contribution in [2.24, 2.45) is 0 Å². The largest absolute Gasteiger partial charge is 0.380 e. The second-order valence-corrected chi connectivity index (χ2v) is 5.62. The fourth-order valence-electron chi connectivity index (χ4n) is 2.50. The van der Waals surface area contributed by atoms with Gasteiger partial charge in [-0.3, -0.25) is 4.79 Å². The summed E-state index contributed by atoms with van der Waals surface area (Å²) >= 11 is 0. The molecule has 0 aromatic carbocycles. The summed E-state index contributed by atoms with van der Waals surface area (Å²) in [5.41, 5.74) is -1.22. The number of hydrogen-bond acceptors (Lipinski definition) is 3. The zero-order valence-corrected chi connectivity index (χ0v) is 11.5. The van der Waals surface area contributed by atoms with Crippen LogP contribution in [0, 0.1) is 0 Å². The smallest absolute Gasteiger partial charge is 0.251 e. The van der Waals surface area contributed by atoms with E-state index in [1.165, 1.54) is 0 Å². The number of carbonyl (C=O) groups excluding carboxylic acids is 1. The standard InChI is InChI=1S/C13H26N2O2/c1-5-8-13(2,17)12(16)14-10-6-7-11(9-10)15(3)4/h10-11,17H,5-9H2,1-4H3,(H,14,16). The van der Waals surface area contributed by atoms with Crippen LogP contribution in [0.3, 0.4) is 0 Å². The molecule has 0 aromatic heterocycles. The van der Waals surface area contributed by atoms with Gasteiger partial charge in [0.15, 0.2) is 0 Å². The Morgan fingerprint density at radius 1 is 1.47 bits per heavy atom. The molecule has 3 unspecified atom stereocenters. The number of nitrogens with zero attached hydrogens (tertiary/aromatic N) is 1. The number of amides is 1. The topological polar surface area (TPSA) is 52.6 Å². The van der Waals surface area contributed by atoms with Gasteiger partial charge in [-0.1, -0.05) is 13.3 Å². The SMILES string of the molecule is CCCC(C)(O)C(=O)NC1CCC(N(C)C)C1. The lowest BCUT2D eigenvalue weighted by Crippen LogP contribution is -2.48. The Balaban J connectivity index is 2.43. The van der Waals surface area contributed by atoms with Crippen LogP contribution in [0.15, 0.2) is 0 Å². The first kappa shape index (κ1) is 14.5. The van der Waals surface area contributed by atoms with Crippen LogP contribution in [-0.4, -0.2) is 47.7 Å². The fraction of sp³-hybridized carbons (Fsp3) is 0.923. The number of rotatable bonds is 5. The van der Waals surface area contributed by atoms with Gasteiger partial charge < -0.3 is 15.3 Å². The molecule has 2 N–H and O–H groups in total. The summed E-state index contributed by atoms with van der Waals surface area (Å²) in [6.07, 6.45) is 4.44. The van der Waals surface area contributed by atoms with Crippen molar-refractivity contribution in [1.29, 1.82) is 0 Å². The molecular weight excluding hydrogens is 216 g/mol. The number of aliphatic hydroxyl groups is 1. The van der Waals surface area contributed by atoms with E-state index in [0.29, 0.717) is 12.5 Å². The third kappa shape index (κ3) is 3.96. The Morgan fingerprint density at radius 3 is 2.59 bits per heavy atom. The average Bonchev–Trinajstić information content (AvgIpc) is 2.66. The van der Waals surface area contributed by atoms with Crippen molar-refractivity contribution < 1.29 is 9.90 Å². The lowest BCUT2D eigenvalue weighted by atomic mass is 9.99. The van der Waals surface area contributed by atoms with Crippen LogP contribution in [0.4, 0.5) is 0 Å². The molecule has 0 heterocycles. The van der Waals surface area contributed by atoms with E-state index in [4.69, 9.17) is 0 Å². The van der Waals surface area contributed by atoms with Crippen LogP contribution in [0.2, 0.25) is 0 Å². The first-order chi connectivity index (χ1) is 7.86. The zero-order valence-electron chi connectivity index (χ0n) is 11.5. The summed E-state index contributed by atoms with van der Waals surface area (Å²) in [5, 5.41) is 13.0. The second-order valence-electron chi connectivity index (χ2n) is 5.62. The van der Waals surface area contributed by atoms with Crippen molar-refractivity contribution >= 4 is 5.91 Å². The highest BCUT2D eigenvalue weighted by atomic mass is 16.3. The van der Waals surface area contributed by atoms with E-state index in [9.17, 15) is 9.90 Å². The van der Waals surface area contributed by atoms with E-state index >= 15 is 0 Å². The summed E-state index contributed by atoms with van der Waals surface area (Å²) in [4.78, 5) is 14.1. The van der Waals surface area contributed by atoms with Crippen LogP contribution in [0.1, 0.15) is 46.0 Å². The van der Waals surface area contributed by atoms with Crippen LogP contribution in [-0.2, 0) is 4.79 Å². The van der Waals surface area contributed by atoms with Gasteiger partial charge in [0, 0.05) is 12.1 Å². The fourth-order valence-corrected chi connectivity index (χ4v) is 2.50. The molecule has 0 aliphatic heterocycles. The molecule has 17 heavy (non-hydrogen) atoms. The molecule has 1 aliphatic rings. The quantitative estimate of drug-likeness (QED) is 0.760. The molecular formula is C13H26N2O2. The van der Waals surface area contributed by atoms with Crippen molar-refractivity contribution in [2.75, 3.05) is 14.1 Å². The Labute approximate surface area is 104 Å². The Bertz CT molecular complexity index is 264. The molecule has 0 bridgehead atoms. The molecule has 100 valence electrons. The van der Waals surface area contributed by atoms with Gasteiger partial charge in [-0.2, -0.15) is 0 Å². The summed E-state index contributed by atoms with van der Waals surface area (Å²) in [5.74, 6) is -0.219. The summed E-state index contributed by atoms with van der Waals surface area (Å²) < 4.78 is 0. The first-order valence-corrected chi connectivity index (χ1v) is 6.56. The van der Waals surface area contributed by atoms with Gasteiger partial charge in [-0.15, -0.1) is 0 Å². The van der Waals surface area contributed by atoms with Crippen molar-refractivity contribution in [2.45, 2.75) is 63.6 Å². The molecule has 1 saturated carbocycles. The molecule has 0 radical (unpaired) electrons. The second kappa shape index (κ2) is 5.83. The Morgan fingerprint density at radius 2 is 2.12 bits per heavy atom. The van der Waals surface area contributed by atoms with Crippen molar-refractivity contribution in [3.63, 3.8) is 0 Å². The van der Waals surface area contributed by atoms with Crippen LogP contribution < -0.4 is 5.32 Å². The van der Waals surface area contributed by atoms with Crippen LogP contribution in [0.5, 0.6) is 0 Å². The van der Waals surface area contributed by atoms with E-state index in [2.05, 4.69) is 24.3 Å². The minimum Gasteiger partial charge on any atom is -0.380 e. The maximum atomic E-state index is 11.9. The van der Waals surface area contributed by atoms with E-state index in [1.807, 2.05) is 6.92 Å². The Kier molecular flexibility index (Phi) is 4.95. The summed E-state index contributed by atoms with van der Waals surface area (Å²) in [6.45, 7) is 3.57. The van der Waals surface area contributed by atoms with E-state index in [0.717, 1.165) is 25.7 Å². The van der Waals surface area contributed by atoms with Crippen molar-refractivity contribution in [3.8, 4) is 0 Å². The average molecular weight is 242 g/mol. The monoisotopic (exact) mass is 242 g/mol. The van der Waals surface area contributed by atoms with Crippen molar-refractivity contribution in [1.82, 2.24) is 10.2 Å². The normalized spacial score (nSPS) is 28.1. The predicted molar refractivity (Wildman–Crippen MR) is 68.8 cm³/mol. The highest BCUT2D eigenvalue weighted by molar-refractivity contribution is 5.84. The van der Waals surface area contributed by atoms with E-state index < -0.39 is 5.60 Å². The molecule has 1 fully saturated rings. The number of carbonyl (C=O) groups is 1. The zero-order chi connectivity index (χ0) is 13.1. The molecule has 0 saturated heterocycles. The third-order valence-corrected chi connectivity index (χ3v) is 3.70. The van der Waals surface area contributed by atoms with Crippen LogP contribution in [0.25, 0.3) is 0 Å². The molecule has 4 nitrogen and oxygen atoms in total. The first-order valence-electron chi connectivity index (χ1n) is 6.56. The lowest BCUT2D eigenvalue weighted by Gasteiger charge is -2.25. The van der Waals surface area contributed by atoms with Gasteiger partial charge in [0.2, 0.25) is 0 Å². The summed E-state index contributed by atoms with van der Waals surface area (Å²) in [7, 11) is 4.14. The lowest BCUT2D eigenvalue weighted by molar-refractivity contribution is -0.139. The van der Waals surface area contributed by atoms with Gasteiger partial charge in [-0.05, 0) is 46.7 Å². The Hall–Kier alpha value is -0.610. The molecule has 1 amide bonds. The molecule has 1 aliphatic carbocycles. The third-order valence-electron chi connectivity index (χ3n) is 3.70. The highest BCUT2D eigenvalue weighted by Crippen LogP contribution is 2.23. The maximum absolute atomic E-state index is 11.9. The van der Waals surface area contributed by atoms with E-state index in [1.54, 1.807) is 6.92 Å². The van der Waals surface area contributed by atoms with Gasteiger partial charge >= 0.3 is 0 Å². The van der Waals surface area contributed by atoms with Gasteiger partial charge in [0.25, 0.3) is 5.91 Å². The molecule has 3 atom stereocenters. The van der Waals surface area contributed by atoms with Gasteiger partial charge in [0.05, 0.1) is 0 Å². The van der Waals surface area contributed by atoms with Crippen molar-refractivity contribution in [3.05, 3.63) is 0 Å². The maximum Gasteiger partial charge on any atom is 0.251 e. The molecule has 1 rings (SSSR count).